The first kappa shape index (κ1) is 15.2. The van der Waals surface area contributed by atoms with Gasteiger partial charge in [0.05, 0.1) is 19.8 Å². The molecule has 0 aromatic rings. The third-order valence-electron chi connectivity index (χ3n) is 1.68. The lowest BCUT2D eigenvalue weighted by Gasteiger charge is -2.19. The van der Waals surface area contributed by atoms with E-state index in [4.69, 9.17) is 0 Å². The molecule has 0 fully saturated rings. The van der Waals surface area contributed by atoms with Gasteiger partial charge in [-0.3, -0.25) is 0 Å². The first-order valence-corrected chi connectivity index (χ1v) is 5.12. The molecule has 96 valence electrons. The molecule has 1 N–H and O–H groups in total. The normalized spacial score (nSPS) is 12.4. The zero-order valence-electron chi connectivity index (χ0n) is 10.9. The molecule has 0 aromatic heterocycles. The van der Waals surface area contributed by atoms with Gasteiger partial charge in [-0.05, 0) is 26.8 Å². The van der Waals surface area contributed by atoms with Gasteiger partial charge in [0.2, 0.25) is 0 Å². The molecule has 0 rings (SSSR count). The largest absolute Gasteiger partial charge is 0.466 e. The van der Waals surface area contributed by atoms with Crippen molar-refractivity contribution in [2.45, 2.75) is 26.3 Å². The average molecular weight is 241 g/mol. The Morgan fingerprint density at radius 2 is 1.65 bits per heavy atom. The standard InChI is InChI=1S/C12H19NO4/c1-12(2,3)13-8-9(11(15)17-5)6-7-10(14)16-4/h6-8,13H,1-5H3/b7-6+,9-8-. The minimum Gasteiger partial charge on any atom is -0.466 e. The van der Waals surface area contributed by atoms with Crippen molar-refractivity contribution in [3.05, 3.63) is 23.9 Å². The van der Waals surface area contributed by atoms with Crippen molar-refractivity contribution in [2.24, 2.45) is 0 Å². The molecule has 0 saturated carbocycles. The third kappa shape index (κ3) is 7.16. The first-order valence-electron chi connectivity index (χ1n) is 5.12. The summed E-state index contributed by atoms with van der Waals surface area (Å²) in [5, 5.41) is 3.01. The van der Waals surface area contributed by atoms with Crippen LogP contribution >= 0.6 is 0 Å². The zero-order valence-corrected chi connectivity index (χ0v) is 10.9. The number of carbonyl (C=O) groups is 2. The van der Waals surface area contributed by atoms with Gasteiger partial charge in [0.15, 0.2) is 0 Å². The molecule has 0 saturated heterocycles. The van der Waals surface area contributed by atoms with E-state index in [9.17, 15) is 9.59 Å². The summed E-state index contributed by atoms with van der Waals surface area (Å²) >= 11 is 0. The second-order valence-electron chi connectivity index (χ2n) is 4.34. The molecular formula is C12H19NO4. The van der Waals surface area contributed by atoms with Crippen molar-refractivity contribution >= 4 is 11.9 Å². The summed E-state index contributed by atoms with van der Waals surface area (Å²) in [5.41, 5.74) is 0.0612. The predicted molar refractivity (Wildman–Crippen MR) is 64.1 cm³/mol. The van der Waals surface area contributed by atoms with Crippen LogP contribution in [0.3, 0.4) is 0 Å². The van der Waals surface area contributed by atoms with E-state index in [1.54, 1.807) is 0 Å². The molecule has 5 nitrogen and oxygen atoms in total. The maximum absolute atomic E-state index is 11.4. The Balaban J connectivity index is 4.83. The van der Waals surface area contributed by atoms with Crippen LogP contribution in [0.4, 0.5) is 0 Å². The highest BCUT2D eigenvalue weighted by atomic mass is 16.5. The van der Waals surface area contributed by atoms with Crippen LogP contribution in [0, 0.1) is 0 Å². The van der Waals surface area contributed by atoms with Crippen molar-refractivity contribution in [1.29, 1.82) is 0 Å². The van der Waals surface area contributed by atoms with Gasteiger partial charge in [0, 0.05) is 17.8 Å². The summed E-state index contributed by atoms with van der Waals surface area (Å²) in [6.45, 7) is 5.84. The lowest BCUT2D eigenvalue weighted by atomic mass is 10.1. The zero-order chi connectivity index (χ0) is 13.5. The van der Waals surface area contributed by atoms with Crippen LogP contribution in [0.5, 0.6) is 0 Å². The lowest BCUT2D eigenvalue weighted by Crippen LogP contribution is -2.32. The van der Waals surface area contributed by atoms with Crippen LogP contribution in [-0.4, -0.2) is 31.7 Å². The van der Waals surface area contributed by atoms with Gasteiger partial charge in [-0.15, -0.1) is 0 Å². The van der Waals surface area contributed by atoms with Gasteiger partial charge in [-0.1, -0.05) is 0 Å². The molecule has 0 atom stereocenters. The van der Waals surface area contributed by atoms with Crippen LogP contribution in [0.25, 0.3) is 0 Å². The number of esters is 2. The van der Waals surface area contributed by atoms with Crippen molar-refractivity contribution in [3.63, 3.8) is 0 Å². The fraction of sp³-hybridized carbons (Fsp3) is 0.500. The lowest BCUT2D eigenvalue weighted by molar-refractivity contribution is -0.135. The topological polar surface area (TPSA) is 64.6 Å². The summed E-state index contributed by atoms with van der Waals surface area (Å²) in [5.74, 6) is -1.06. The number of methoxy groups -OCH3 is 2. The summed E-state index contributed by atoms with van der Waals surface area (Å²) in [4.78, 5) is 22.3. The van der Waals surface area contributed by atoms with Gasteiger partial charge in [0.25, 0.3) is 0 Å². The second-order valence-corrected chi connectivity index (χ2v) is 4.34. The van der Waals surface area contributed by atoms with E-state index in [1.165, 1.54) is 26.5 Å². The Hall–Kier alpha value is -1.78. The second kappa shape index (κ2) is 6.73. The predicted octanol–water partition coefficient (Wildman–Crippen LogP) is 1.16. The molecule has 0 amide bonds. The molecule has 0 aliphatic rings. The van der Waals surface area contributed by atoms with E-state index < -0.39 is 11.9 Å². The van der Waals surface area contributed by atoms with E-state index in [0.717, 1.165) is 6.08 Å². The molecule has 0 aliphatic carbocycles. The maximum atomic E-state index is 11.4. The number of rotatable bonds is 4. The number of hydrogen-bond donors (Lipinski definition) is 1. The maximum Gasteiger partial charge on any atom is 0.339 e. The van der Waals surface area contributed by atoms with Gasteiger partial charge < -0.3 is 14.8 Å². The fourth-order valence-corrected chi connectivity index (χ4v) is 0.813. The molecule has 0 heterocycles. The Bertz CT molecular complexity index is 337. The van der Waals surface area contributed by atoms with E-state index >= 15 is 0 Å². The highest BCUT2D eigenvalue weighted by Gasteiger charge is 2.10. The van der Waals surface area contributed by atoms with Crippen LogP contribution in [-0.2, 0) is 19.1 Å². The van der Waals surface area contributed by atoms with E-state index in [1.807, 2.05) is 20.8 Å². The molecule has 17 heavy (non-hydrogen) atoms. The van der Waals surface area contributed by atoms with E-state index in [2.05, 4.69) is 14.8 Å². The molecule has 0 bridgehead atoms. The Morgan fingerprint density at radius 1 is 1.06 bits per heavy atom. The van der Waals surface area contributed by atoms with Crippen molar-refractivity contribution in [1.82, 2.24) is 5.32 Å². The van der Waals surface area contributed by atoms with Gasteiger partial charge in [0.1, 0.15) is 0 Å². The van der Waals surface area contributed by atoms with Gasteiger partial charge in [-0.2, -0.15) is 0 Å². The summed E-state index contributed by atoms with van der Waals surface area (Å²) < 4.78 is 9.03. The van der Waals surface area contributed by atoms with Crippen molar-refractivity contribution < 1.29 is 19.1 Å². The molecule has 0 aliphatic heterocycles. The minimum absolute atomic E-state index is 0.182. The van der Waals surface area contributed by atoms with Gasteiger partial charge >= 0.3 is 11.9 Å². The smallest absolute Gasteiger partial charge is 0.339 e. The van der Waals surface area contributed by atoms with E-state index in [0.29, 0.717) is 0 Å². The number of ether oxygens (including phenoxy) is 2. The molecule has 0 spiro atoms. The highest BCUT2D eigenvalue weighted by Crippen LogP contribution is 2.03. The summed E-state index contributed by atoms with van der Waals surface area (Å²) in [7, 11) is 2.54. The molecule has 0 unspecified atom stereocenters. The van der Waals surface area contributed by atoms with Crippen LogP contribution in [0.1, 0.15) is 20.8 Å². The number of nitrogens with one attached hydrogen (secondary N) is 1. The number of hydrogen-bond acceptors (Lipinski definition) is 5. The summed E-state index contributed by atoms with van der Waals surface area (Å²) in [6.07, 6.45) is 4.01. The fourth-order valence-electron chi connectivity index (χ4n) is 0.813. The monoisotopic (exact) mass is 241 g/mol. The van der Waals surface area contributed by atoms with Crippen molar-refractivity contribution in [2.75, 3.05) is 14.2 Å². The van der Waals surface area contributed by atoms with Gasteiger partial charge in [-0.25, -0.2) is 9.59 Å². The Kier molecular flexibility index (Phi) is 6.02. The Labute approximate surface area is 101 Å². The Morgan fingerprint density at radius 3 is 2.06 bits per heavy atom. The SMILES string of the molecule is COC(=O)/C=C/C(=C/NC(C)(C)C)C(=O)OC. The highest BCUT2D eigenvalue weighted by molar-refractivity contribution is 5.93. The molecular weight excluding hydrogens is 222 g/mol. The molecule has 0 aromatic carbocycles. The van der Waals surface area contributed by atoms with Crippen LogP contribution in [0.15, 0.2) is 23.9 Å². The van der Waals surface area contributed by atoms with Crippen LogP contribution < -0.4 is 5.32 Å². The number of carbonyl (C=O) groups excluding carboxylic acids is 2. The van der Waals surface area contributed by atoms with Crippen molar-refractivity contribution in [3.8, 4) is 0 Å². The minimum atomic E-state index is -0.532. The summed E-state index contributed by atoms with van der Waals surface area (Å²) in [6, 6.07) is 0. The molecule has 5 heteroatoms. The third-order valence-corrected chi connectivity index (χ3v) is 1.68. The van der Waals surface area contributed by atoms with Crippen LogP contribution in [0.2, 0.25) is 0 Å². The molecule has 0 radical (unpaired) electrons. The van der Waals surface area contributed by atoms with E-state index in [-0.39, 0.29) is 11.1 Å². The first-order chi connectivity index (χ1) is 7.80. The average Bonchev–Trinajstić information content (AvgIpc) is 2.26. The quantitative estimate of drug-likeness (QED) is 0.454.